The molecule has 0 spiro atoms. The van der Waals surface area contributed by atoms with Crippen molar-refractivity contribution in [2.24, 2.45) is 0 Å². The van der Waals surface area contributed by atoms with E-state index in [0.717, 1.165) is 29.8 Å². The number of carbonyl (C=O) groups is 2. The monoisotopic (exact) mass is 367 g/mol. The van der Waals surface area contributed by atoms with E-state index < -0.39 is 11.7 Å². The van der Waals surface area contributed by atoms with Crippen LogP contribution in [0.1, 0.15) is 48.8 Å². The highest BCUT2D eigenvalue weighted by atomic mass is 16.6. The molecule has 1 aliphatic heterocycles. The molecule has 0 bridgehead atoms. The molecule has 2 aromatic rings. The summed E-state index contributed by atoms with van der Waals surface area (Å²) in [6.07, 6.45) is 3.11. The van der Waals surface area contributed by atoms with Crippen LogP contribution in [0.3, 0.4) is 0 Å². The standard InChI is InChI=1S/C21H25N3O3/c1-21(2,3)27-20(26)23-14-15-8-10-16(11-9-15)19(25)24-13-5-6-17-18(24)7-4-12-22-17/h4,7-12H,5-6,13-14H2,1-3H3,(H,23,26). The van der Waals surface area contributed by atoms with Gasteiger partial charge in [0.2, 0.25) is 0 Å². The van der Waals surface area contributed by atoms with Crippen LogP contribution < -0.4 is 10.2 Å². The average Bonchev–Trinajstić information content (AvgIpc) is 2.64. The number of carbonyl (C=O) groups excluding carboxylic acids is 2. The molecule has 3 rings (SSSR count). The number of aromatic nitrogens is 1. The predicted molar refractivity (Wildman–Crippen MR) is 104 cm³/mol. The Hall–Kier alpha value is -2.89. The molecule has 0 aliphatic carbocycles. The van der Waals surface area contributed by atoms with Crippen LogP contribution >= 0.6 is 0 Å². The number of alkyl carbamates (subject to hydrolysis) is 1. The van der Waals surface area contributed by atoms with Crippen LogP contribution in [0.25, 0.3) is 0 Å². The number of nitrogens with zero attached hydrogens (tertiary/aromatic N) is 2. The van der Waals surface area contributed by atoms with E-state index in [2.05, 4.69) is 10.3 Å². The zero-order chi connectivity index (χ0) is 19.4. The third-order valence-corrected chi connectivity index (χ3v) is 4.23. The van der Waals surface area contributed by atoms with Crippen molar-refractivity contribution in [2.75, 3.05) is 11.4 Å². The van der Waals surface area contributed by atoms with Gasteiger partial charge in [-0.3, -0.25) is 9.78 Å². The largest absolute Gasteiger partial charge is 0.444 e. The van der Waals surface area contributed by atoms with Gasteiger partial charge in [0.05, 0.1) is 11.4 Å². The van der Waals surface area contributed by atoms with E-state index in [0.29, 0.717) is 18.7 Å². The lowest BCUT2D eigenvalue weighted by Gasteiger charge is -2.28. The van der Waals surface area contributed by atoms with Gasteiger partial charge in [0, 0.05) is 24.8 Å². The molecule has 0 fully saturated rings. The maximum Gasteiger partial charge on any atom is 0.407 e. The lowest BCUT2D eigenvalue weighted by atomic mass is 10.0. The van der Waals surface area contributed by atoms with Gasteiger partial charge in [-0.15, -0.1) is 0 Å². The molecule has 0 saturated heterocycles. The van der Waals surface area contributed by atoms with Crippen LogP contribution in [0.5, 0.6) is 0 Å². The molecule has 27 heavy (non-hydrogen) atoms. The van der Waals surface area contributed by atoms with E-state index in [4.69, 9.17) is 4.74 Å². The second kappa shape index (κ2) is 7.78. The van der Waals surface area contributed by atoms with E-state index in [1.165, 1.54) is 0 Å². The highest BCUT2D eigenvalue weighted by molar-refractivity contribution is 6.06. The van der Waals surface area contributed by atoms with E-state index in [1.54, 1.807) is 23.2 Å². The van der Waals surface area contributed by atoms with Crippen LogP contribution in [0.15, 0.2) is 42.6 Å². The van der Waals surface area contributed by atoms with Gasteiger partial charge in [0.25, 0.3) is 5.91 Å². The summed E-state index contributed by atoms with van der Waals surface area (Å²) in [7, 11) is 0. The topological polar surface area (TPSA) is 71.5 Å². The summed E-state index contributed by atoms with van der Waals surface area (Å²) in [6, 6.07) is 11.1. The van der Waals surface area contributed by atoms with Crippen molar-refractivity contribution in [1.82, 2.24) is 10.3 Å². The third-order valence-electron chi connectivity index (χ3n) is 4.23. The molecule has 2 heterocycles. The number of aryl methyl sites for hydroxylation is 1. The summed E-state index contributed by atoms with van der Waals surface area (Å²) in [6.45, 7) is 6.50. The Kier molecular flexibility index (Phi) is 5.44. The van der Waals surface area contributed by atoms with Crippen LogP contribution in [0.4, 0.5) is 10.5 Å². The van der Waals surface area contributed by atoms with Crippen molar-refractivity contribution in [2.45, 2.75) is 45.8 Å². The molecule has 1 aromatic carbocycles. The fourth-order valence-corrected chi connectivity index (χ4v) is 3.01. The van der Waals surface area contributed by atoms with Crippen molar-refractivity contribution in [3.05, 3.63) is 59.4 Å². The third kappa shape index (κ3) is 4.84. The fourth-order valence-electron chi connectivity index (χ4n) is 3.01. The maximum absolute atomic E-state index is 12.9. The number of hydrogen-bond donors (Lipinski definition) is 1. The van der Waals surface area contributed by atoms with Gasteiger partial charge >= 0.3 is 6.09 Å². The number of anilines is 1. The number of pyridine rings is 1. The second-order valence-electron chi connectivity index (χ2n) is 7.58. The Balaban J connectivity index is 1.64. The zero-order valence-electron chi connectivity index (χ0n) is 16.0. The van der Waals surface area contributed by atoms with Gasteiger partial charge in [-0.25, -0.2) is 4.79 Å². The minimum absolute atomic E-state index is 0.0319. The molecule has 1 aliphatic rings. The first-order chi connectivity index (χ1) is 12.8. The van der Waals surface area contributed by atoms with Gasteiger partial charge < -0.3 is 15.0 Å². The van der Waals surface area contributed by atoms with E-state index in [9.17, 15) is 9.59 Å². The van der Waals surface area contributed by atoms with Crippen LogP contribution in [-0.4, -0.2) is 29.1 Å². The summed E-state index contributed by atoms with van der Waals surface area (Å²) in [5, 5.41) is 2.72. The molecular weight excluding hydrogens is 342 g/mol. The minimum Gasteiger partial charge on any atom is -0.444 e. The lowest BCUT2D eigenvalue weighted by Crippen LogP contribution is -2.35. The first-order valence-corrected chi connectivity index (χ1v) is 9.15. The molecule has 0 unspecified atom stereocenters. The second-order valence-corrected chi connectivity index (χ2v) is 7.58. The SMILES string of the molecule is CC(C)(C)OC(=O)NCc1ccc(C(=O)N2CCCc3ncccc32)cc1. The smallest absolute Gasteiger partial charge is 0.407 e. The van der Waals surface area contributed by atoms with Crippen molar-refractivity contribution in [1.29, 1.82) is 0 Å². The molecule has 1 aromatic heterocycles. The van der Waals surface area contributed by atoms with E-state index >= 15 is 0 Å². The number of ether oxygens (including phenoxy) is 1. The zero-order valence-corrected chi connectivity index (χ0v) is 16.0. The average molecular weight is 367 g/mol. The summed E-state index contributed by atoms with van der Waals surface area (Å²) in [5.41, 5.74) is 2.85. The lowest BCUT2D eigenvalue weighted by molar-refractivity contribution is 0.0523. The molecule has 0 radical (unpaired) electrons. The van der Waals surface area contributed by atoms with Gasteiger partial charge in [0.1, 0.15) is 5.60 Å². The van der Waals surface area contributed by atoms with Crippen LogP contribution in [-0.2, 0) is 17.7 Å². The molecule has 0 atom stereocenters. The molecule has 6 heteroatoms. The van der Waals surface area contributed by atoms with Crippen molar-refractivity contribution < 1.29 is 14.3 Å². The summed E-state index contributed by atoms with van der Waals surface area (Å²) in [5.74, 6) is -0.0319. The summed E-state index contributed by atoms with van der Waals surface area (Å²) < 4.78 is 5.22. The predicted octanol–water partition coefficient (Wildman–Crippen LogP) is 3.70. The van der Waals surface area contributed by atoms with E-state index in [-0.39, 0.29) is 5.91 Å². The highest BCUT2D eigenvalue weighted by Gasteiger charge is 2.24. The minimum atomic E-state index is -0.528. The maximum atomic E-state index is 12.9. The first kappa shape index (κ1) is 18.9. The van der Waals surface area contributed by atoms with Gasteiger partial charge in [-0.2, -0.15) is 0 Å². The molecule has 0 saturated carbocycles. The molecular formula is C21H25N3O3. The van der Waals surface area contributed by atoms with Crippen LogP contribution in [0, 0.1) is 0 Å². The number of benzene rings is 1. The molecule has 142 valence electrons. The van der Waals surface area contributed by atoms with Gasteiger partial charge in [0.15, 0.2) is 0 Å². The summed E-state index contributed by atoms with van der Waals surface area (Å²) >= 11 is 0. The number of rotatable bonds is 3. The van der Waals surface area contributed by atoms with Crippen molar-refractivity contribution in [3.63, 3.8) is 0 Å². The fraction of sp³-hybridized carbons (Fsp3) is 0.381. The Bertz CT molecular complexity index is 825. The molecule has 1 N–H and O–H groups in total. The van der Waals surface area contributed by atoms with Gasteiger partial charge in [-0.1, -0.05) is 12.1 Å². The van der Waals surface area contributed by atoms with E-state index in [1.807, 2.05) is 45.0 Å². The molecule has 6 nitrogen and oxygen atoms in total. The Labute approximate surface area is 159 Å². The first-order valence-electron chi connectivity index (χ1n) is 9.15. The number of amides is 2. The Morgan fingerprint density at radius 2 is 1.93 bits per heavy atom. The summed E-state index contributed by atoms with van der Waals surface area (Å²) in [4.78, 5) is 30.8. The van der Waals surface area contributed by atoms with Crippen molar-refractivity contribution in [3.8, 4) is 0 Å². The number of hydrogen-bond acceptors (Lipinski definition) is 4. The van der Waals surface area contributed by atoms with Gasteiger partial charge in [-0.05, 0) is 63.4 Å². The van der Waals surface area contributed by atoms with Crippen LogP contribution in [0.2, 0.25) is 0 Å². The molecule has 2 amide bonds. The normalized spacial score (nSPS) is 13.7. The quantitative estimate of drug-likeness (QED) is 0.898. The number of nitrogens with one attached hydrogen (secondary N) is 1. The highest BCUT2D eigenvalue weighted by Crippen LogP contribution is 2.26. The van der Waals surface area contributed by atoms with Crippen molar-refractivity contribution >= 4 is 17.7 Å². The Morgan fingerprint density at radius 3 is 2.63 bits per heavy atom. The number of fused-ring (bicyclic) bond motifs is 1. The Morgan fingerprint density at radius 1 is 1.19 bits per heavy atom.